The van der Waals surface area contributed by atoms with E-state index in [0.29, 0.717) is 23.6 Å². The van der Waals surface area contributed by atoms with Gasteiger partial charge in [-0.25, -0.2) is 4.68 Å². The predicted octanol–water partition coefficient (Wildman–Crippen LogP) is 1.32. The molecule has 0 aliphatic heterocycles. The highest BCUT2D eigenvalue weighted by Gasteiger charge is 2.06. The summed E-state index contributed by atoms with van der Waals surface area (Å²) in [4.78, 5) is 11.9. The van der Waals surface area contributed by atoms with E-state index in [0.717, 1.165) is 5.69 Å². The highest BCUT2D eigenvalue weighted by atomic mass is 35.5. The molecule has 4 nitrogen and oxygen atoms in total. The minimum Gasteiger partial charge on any atom is -0.330 e. The normalized spacial score (nSPS) is 10.6. The molecule has 0 amide bonds. The van der Waals surface area contributed by atoms with Gasteiger partial charge in [-0.1, -0.05) is 11.6 Å². The Bertz CT molecular complexity index is 527. The fourth-order valence-electron chi connectivity index (χ4n) is 1.52. The van der Waals surface area contributed by atoms with Gasteiger partial charge in [0.15, 0.2) is 0 Å². The molecule has 84 valence electrons. The first-order valence-corrected chi connectivity index (χ1v) is 5.35. The third-order valence-corrected chi connectivity index (χ3v) is 2.60. The van der Waals surface area contributed by atoms with Gasteiger partial charge in [0.25, 0.3) is 5.56 Å². The second-order valence-corrected chi connectivity index (χ2v) is 3.89. The number of halogens is 1. The number of hydrogen-bond donors (Lipinski definition) is 2. The van der Waals surface area contributed by atoms with E-state index < -0.39 is 0 Å². The van der Waals surface area contributed by atoms with Gasteiger partial charge in [0.1, 0.15) is 0 Å². The van der Waals surface area contributed by atoms with Gasteiger partial charge < -0.3 is 5.73 Å². The summed E-state index contributed by atoms with van der Waals surface area (Å²) in [5.41, 5.74) is 6.81. The molecule has 2 aromatic rings. The molecule has 0 aliphatic carbocycles. The van der Waals surface area contributed by atoms with Crippen LogP contribution < -0.4 is 11.3 Å². The second-order valence-electron chi connectivity index (χ2n) is 3.45. The summed E-state index contributed by atoms with van der Waals surface area (Å²) >= 11 is 5.78. The van der Waals surface area contributed by atoms with Crippen LogP contribution in [0.2, 0.25) is 5.02 Å². The number of benzene rings is 1. The van der Waals surface area contributed by atoms with Gasteiger partial charge >= 0.3 is 0 Å². The van der Waals surface area contributed by atoms with Crippen LogP contribution in [0.25, 0.3) is 5.69 Å². The van der Waals surface area contributed by atoms with Crippen molar-refractivity contribution in [2.45, 2.75) is 6.42 Å². The molecule has 0 saturated heterocycles. The van der Waals surface area contributed by atoms with Crippen molar-refractivity contribution in [3.05, 3.63) is 51.4 Å². The fourth-order valence-corrected chi connectivity index (χ4v) is 1.65. The van der Waals surface area contributed by atoms with E-state index in [1.807, 2.05) is 0 Å². The first kappa shape index (κ1) is 11.0. The monoisotopic (exact) mass is 237 g/mol. The molecule has 1 heterocycles. The van der Waals surface area contributed by atoms with E-state index in [1.165, 1.54) is 4.68 Å². The second kappa shape index (κ2) is 4.55. The third kappa shape index (κ3) is 2.03. The van der Waals surface area contributed by atoms with Crippen molar-refractivity contribution >= 4 is 11.6 Å². The molecule has 0 atom stereocenters. The number of hydrogen-bond acceptors (Lipinski definition) is 2. The largest absolute Gasteiger partial charge is 0.330 e. The van der Waals surface area contributed by atoms with E-state index in [1.54, 1.807) is 30.5 Å². The lowest BCUT2D eigenvalue weighted by molar-refractivity contribution is 0.844. The maximum absolute atomic E-state index is 11.9. The smallest absolute Gasteiger partial charge is 0.274 e. The first-order chi connectivity index (χ1) is 7.72. The molecular formula is C11H12ClN3O. The average Bonchev–Trinajstić information content (AvgIpc) is 2.63. The minimum absolute atomic E-state index is 0.0622. The molecule has 0 bridgehead atoms. The Morgan fingerprint density at radius 3 is 2.62 bits per heavy atom. The van der Waals surface area contributed by atoms with Crippen LogP contribution in [-0.4, -0.2) is 16.3 Å². The Labute approximate surface area is 97.6 Å². The van der Waals surface area contributed by atoms with Gasteiger partial charge in [-0.05, 0) is 37.2 Å². The number of nitrogens with two attached hydrogens (primary N) is 1. The van der Waals surface area contributed by atoms with Crippen LogP contribution in [0.1, 0.15) is 5.56 Å². The molecule has 0 saturated carbocycles. The Morgan fingerprint density at radius 1 is 1.31 bits per heavy atom. The van der Waals surface area contributed by atoms with Crippen molar-refractivity contribution < 1.29 is 0 Å². The molecule has 16 heavy (non-hydrogen) atoms. The van der Waals surface area contributed by atoms with Crippen molar-refractivity contribution in [1.82, 2.24) is 9.78 Å². The molecule has 3 N–H and O–H groups in total. The Balaban J connectivity index is 2.41. The number of rotatable bonds is 3. The van der Waals surface area contributed by atoms with E-state index in [4.69, 9.17) is 17.3 Å². The lowest BCUT2D eigenvalue weighted by Crippen LogP contribution is -2.19. The molecule has 0 fully saturated rings. The van der Waals surface area contributed by atoms with E-state index in [-0.39, 0.29) is 5.56 Å². The Morgan fingerprint density at radius 2 is 2.00 bits per heavy atom. The number of aromatic amines is 1. The summed E-state index contributed by atoms with van der Waals surface area (Å²) < 4.78 is 1.47. The van der Waals surface area contributed by atoms with Crippen molar-refractivity contribution in [2.24, 2.45) is 5.73 Å². The lowest BCUT2D eigenvalue weighted by Gasteiger charge is -2.00. The van der Waals surface area contributed by atoms with Crippen LogP contribution in [0.4, 0.5) is 0 Å². The van der Waals surface area contributed by atoms with Gasteiger partial charge in [0, 0.05) is 16.8 Å². The van der Waals surface area contributed by atoms with Crippen LogP contribution in [-0.2, 0) is 6.42 Å². The summed E-state index contributed by atoms with van der Waals surface area (Å²) in [6, 6.07) is 7.05. The van der Waals surface area contributed by atoms with Crippen LogP contribution in [0.5, 0.6) is 0 Å². The molecule has 1 aromatic heterocycles. The number of nitrogens with zero attached hydrogens (tertiary/aromatic N) is 1. The SMILES string of the molecule is NCCc1c[nH]n(-c2ccc(Cl)cc2)c1=O. The van der Waals surface area contributed by atoms with Crippen LogP contribution >= 0.6 is 11.6 Å². The van der Waals surface area contributed by atoms with Gasteiger partial charge in [-0.2, -0.15) is 0 Å². The van der Waals surface area contributed by atoms with Crippen molar-refractivity contribution in [3.63, 3.8) is 0 Å². The summed E-state index contributed by atoms with van der Waals surface area (Å²) in [5.74, 6) is 0. The maximum atomic E-state index is 11.9. The highest BCUT2D eigenvalue weighted by Crippen LogP contribution is 2.11. The Hall–Kier alpha value is -1.52. The molecule has 1 aromatic carbocycles. The average molecular weight is 238 g/mol. The molecular weight excluding hydrogens is 226 g/mol. The van der Waals surface area contributed by atoms with Crippen molar-refractivity contribution in [2.75, 3.05) is 6.54 Å². The van der Waals surface area contributed by atoms with E-state index in [9.17, 15) is 4.79 Å². The third-order valence-electron chi connectivity index (χ3n) is 2.34. The standard InChI is InChI=1S/C11H12ClN3O/c12-9-1-3-10(4-2-9)15-11(16)8(5-6-13)7-14-15/h1-4,7,14H,5-6,13H2. The summed E-state index contributed by atoms with van der Waals surface area (Å²) in [6.07, 6.45) is 2.26. The zero-order valence-corrected chi connectivity index (χ0v) is 9.37. The van der Waals surface area contributed by atoms with Crippen molar-refractivity contribution in [1.29, 1.82) is 0 Å². The zero-order valence-electron chi connectivity index (χ0n) is 8.61. The number of nitrogens with one attached hydrogen (secondary N) is 1. The molecule has 0 aliphatic rings. The van der Waals surface area contributed by atoms with Gasteiger partial charge in [0.05, 0.1) is 5.69 Å². The predicted molar refractivity (Wildman–Crippen MR) is 64.2 cm³/mol. The molecule has 0 spiro atoms. The van der Waals surface area contributed by atoms with E-state index >= 15 is 0 Å². The molecule has 5 heteroatoms. The van der Waals surface area contributed by atoms with Gasteiger partial charge in [0.2, 0.25) is 0 Å². The van der Waals surface area contributed by atoms with Crippen LogP contribution in [0.15, 0.2) is 35.3 Å². The van der Waals surface area contributed by atoms with Gasteiger partial charge in [-0.15, -0.1) is 0 Å². The first-order valence-electron chi connectivity index (χ1n) is 4.97. The van der Waals surface area contributed by atoms with Crippen LogP contribution in [0.3, 0.4) is 0 Å². The molecule has 0 unspecified atom stereocenters. The highest BCUT2D eigenvalue weighted by molar-refractivity contribution is 6.30. The summed E-state index contributed by atoms with van der Waals surface area (Å²) in [5, 5.41) is 3.54. The van der Waals surface area contributed by atoms with Crippen molar-refractivity contribution in [3.8, 4) is 5.69 Å². The molecule has 0 radical (unpaired) electrons. The van der Waals surface area contributed by atoms with Gasteiger partial charge in [-0.3, -0.25) is 9.89 Å². The maximum Gasteiger partial charge on any atom is 0.274 e. The number of aromatic nitrogens is 2. The fraction of sp³-hybridized carbons (Fsp3) is 0.182. The lowest BCUT2D eigenvalue weighted by atomic mass is 10.2. The summed E-state index contributed by atoms with van der Waals surface area (Å²) in [6.45, 7) is 0.466. The molecule has 2 rings (SSSR count). The number of H-pyrrole nitrogens is 1. The topological polar surface area (TPSA) is 63.8 Å². The quantitative estimate of drug-likeness (QED) is 0.846. The Kier molecular flexibility index (Phi) is 3.12. The zero-order chi connectivity index (χ0) is 11.5. The summed E-state index contributed by atoms with van der Waals surface area (Å²) in [7, 11) is 0. The van der Waals surface area contributed by atoms with E-state index in [2.05, 4.69) is 5.10 Å². The minimum atomic E-state index is -0.0622. The van der Waals surface area contributed by atoms with Crippen LogP contribution in [0, 0.1) is 0 Å².